The second-order valence-electron chi connectivity index (χ2n) is 3.02. The van der Waals surface area contributed by atoms with Crippen molar-refractivity contribution in [3.8, 4) is 0 Å². The Labute approximate surface area is 83.5 Å². The molecule has 1 heterocycles. The van der Waals surface area contributed by atoms with Crippen molar-refractivity contribution >= 4 is 5.91 Å². The second kappa shape index (κ2) is 5.44. The molecule has 0 aliphatic rings. The molecule has 0 aliphatic carbocycles. The van der Waals surface area contributed by atoms with Crippen LogP contribution in [-0.4, -0.2) is 19.0 Å². The molecule has 78 valence electrons. The zero-order chi connectivity index (χ0) is 10.4. The number of nitrogens with one attached hydrogen (secondary N) is 1. The SMILES string of the molecule is CCc1ccc(C(=O)NCCCN)o1. The fraction of sp³-hybridized carbons (Fsp3) is 0.500. The fourth-order valence-electron chi connectivity index (χ4n) is 1.08. The van der Waals surface area contributed by atoms with E-state index in [1.165, 1.54) is 0 Å². The number of nitrogens with two attached hydrogens (primary N) is 1. The van der Waals surface area contributed by atoms with Crippen LogP contribution < -0.4 is 11.1 Å². The first-order valence-electron chi connectivity index (χ1n) is 4.85. The lowest BCUT2D eigenvalue weighted by Crippen LogP contribution is -2.25. The molecule has 0 unspecified atom stereocenters. The molecule has 1 amide bonds. The third-order valence-electron chi connectivity index (χ3n) is 1.90. The minimum atomic E-state index is -0.168. The van der Waals surface area contributed by atoms with Crippen molar-refractivity contribution in [2.75, 3.05) is 13.1 Å². The molecule has 0 saturated heterocycles. The number of aryl methyl sites for hydroxylation is 1. The van der Waals surface area contributed by atoms with Crippen LogP contribution in [0.4, 0.5) is 0 Å². The van der Waals surface area contributed by atoms with Crippen LogP contribution in [0.2, 0.25) is 0 Å². The number of hydrogen-bond acceptors (Lipinski definition) is 3. The summed E-state index contributed by atoms with van der Waals surface area (Å²) >= 11 is 0. The lowest BCUT2D eigenvalue weighted by Gasteiger charge is -2.00. The third-order valence-corrected chi connectivity index (χ3v) is 1.90. The number of rotatable bonds is 5. The van der Waals surface area contributed by atoms with Crippen LogP contribution in [0.5, 0.6) is 0 Å². The van der Waals surface area contributed by atoms with Crippen LogP contribution in [0, 0.1) is 0 Å². The van der Waals surface area contributed by atoms with E-state index in [0.29, 0.717) is 18.8 Å². The molecule has 4 heteroatoms. The third kappa shape index (κ3) is 2.88. The topological polar surface area (TPSA) is 68.3 Å². The predicted octanol–water partition coefficient (Wildman–Crippen LogP) is 0.921. The van der Waals surface area contributed by atoms with Crippen LogP contribution in [0.15, 0.2) is 16.5 Å². The van der Waals surface area contributed by atoms with E-state index in [4.69, 9.17) is 10.2 Å². The second-order valence-corrected chi connectivity index (χ2v) is 3.02. The molecule has 0 aromatic carbocycles. The smallest absolute Gasteiger partial charge is 0.286 e. The highest BCUT2D eigenvalue weighted by Crippen LogP contribution is 2.07. The van der Waals surface area contributed by atoms with Gasteiger partial charge in [-0.05, 0) is 25.1 Å². The summed E-state index contributed by atoms with van der Waals surface area (Å²) in [6, 6.07) is 3.51. The fourth-order valence-corrected chi connectivity index (χ4v) is 1.08. The Balaban J connectivity index is 2.44. The van der Waals surface area contributed by atoms with E-state index >= 15 is 0 Å². The highest BCUT2D eigenvalue weighted by atomic mass is 16.3. The average Bonchev–Trinajstić information content (AvgIpc) is 2.66. The highest BCUT2D eigenvalue weighted by Gasteiger charge is 2.08. The van der Waals surface area contributed by atoms with E-state index in [1.807, 2.05) is 13.0 Å². The Morgan fingerprint density at radius 1 is 1.57 bits per heavy atom. The Morgan fingerprint density at radius 3 is 2.93 bits per heavy atom. The zero-order valence-electron chi connectivity index (χ0n) is 8.38. The molecule has 1 aromatic heterocycles. The van der Waals surface area contributed by atoms with Crippen molar-refractivity contribution in [3.63, 3.8) is 0 Å². The number of amides is 1. The molecule has 0 radical (unpaired) electrons. The molecule has 0 fully saturated rings. The zero-order valence-corrected chi connectivity index (χ0v) is 8.38. The molecule has 0 saturated carbocycles. The molecule has 0 aliphatic heterocycles. The van der Waals surface area contributed by atoms with Gasteiger partial charge in [0.15, 0.2) is 5.76 Å². The van der Waals surface area contributed by atoms with Crippen LogP contribution in [0.25, 0.3) is 0 Å². The van der Waals surface area contributed by atoms with Crippen LogP contribution >= 0.6 is 0 Å². The van der Waals surface area contributed by atoms with Gasteiger partial charge < -0.3 is 15.5 Å². The van der Waals surface area contributed by atoms with Gasteiger partial charge in [-0.1, -0.05) is 6.92 Å². The monoisotopic (exact) mass is 196 g/mol. The first-order valence-corrected chi connectivity index (χ1v) is 4.85. The van der Waals surface area contributed by atoms with Crippen molar-refractivity contribution in [1.29, 1.82) is 0 Å². The van der Waals surface area contributed by atoms with Crippen molar-refractivity contribution < 1.29 is 9.21 Å². The van der Waals surface area contributed by atoms with Gasteiger partial charge in [0.2, 0.25) is 0 Å². The quantitative estimate of drug-likeness (QED) is 0.688. The van der Waals surface area contributed by atoms with Crippen molar-refractivity contribution in [2.24, 2.45) is 5.73 Å². The molecule has 0 spiro atoms. The van der Waals surface area contributed by atoms with Gasteiger partial charge in [0.1, 0.15) is 5.76 Å². The van der Waals surface area contributed by atoms with E-state index in [1.54, 1.807) is 6.07 Å². The maximum absolute atomic E-state index is 11.4. The number of hydrogen-bond donors (Lipinski definition) is 2. The predicted molar refractivity (Wildman–Crippen MR) is 54.1 cm³/mol. The van der Waals surface area contributed by atoms with Crippen molar-refractivity contribution in [2.45, 2.75) is 19.8 Å². The molecule has 1 aromatic rings. The average molecular weight is 196 g/mol. The summed E-state index contributed by atoms with van der Waals surface area (Å²) in [5, 5.41) is 2.72. The molecular formula is C10H16N2O2. The largest absolute Gasteiger partial charge is 0.456 e. The van der Waals surface area contributed by atoms with Crippen LogP contribution in [-0.2, 0) is 6.42 Å². The summed E-state index contributed by atoms with van der Waals surface area (Å²) in [6.07, 6.45) is 1.59. The van der Waals surface area contributed by atoms with Gasteiger partial charge in [0.05, 0.1) is 0 Å². The van der Waals surface area contributed by atoms with Crippen LogP contribution in [0.3, 0.4) is 0 Å². The van der Waals surface area contributed by atoms with Crippen molar-refractivity contribution in [3.05, 3.63) is 23.7 Å². The Bertz CT molecular complexity index is 294. The van der Waals surface area contributed by atoms with E-state index in [2.05, 4.69) is 5.32 Å². The summed E-state index contributed by atoms with van der Waals surface area (Å²) in [5.74, 6) is 1.03. The van der Waals surface area contributed by atoms with Gasteiger partial charge >= 0.3 is 0 Å². The number of furan rings is 1. The molecule has 3 N–H and O–H groups in total. The number of carbonyl (C=O) groups is 1. The maximum atomic E-state index is 11.4. The normalized spacial score (nSPS) is 10.1. The summed E-state index contributed by atoms with van der Waals surface area (Å²) < 4.78 is 5.28. The minimum Gasteiger partial charge on any atom is -0.456 e. The van der Waals surface area contributed by atoms with E-state index < -0.39 is 0 Å². The molecule has 4 nitrogen and oxygen atoms in total. The van der Waals surface area contributed by atoms with Crippen LogP contribution in [0.1, 0.15) is 29.7 Å². The number of carbonyl (C=O) groups excluding carboxylic acids is 1. The van der Waals surface area contributed by atoms with E-state index in [0.717, 1.165) is 18.6 Å². The van der Waals surface area contributed by atoms with E-state index in [-0.39, 0.29) is 5.91 Å². The first kappa shape index (κ1) is 10.8. The highest BCUT2D eigenvalue weighted by molar-refractivity contribution is 5.91. The molecule has 14 heavy (non-hydrogen) atoms. The van der Waals surface area contributed by atoms with Gasteiger partial charge in [-0.25, -0.2) is 0 Å². The Kier molecular flexibility index (Phi) is 4.19. The molecule has 0 bridgehead atoms. The minimum absolute atomic E-state index is 0.168. The lowest BCUT2D eigenvalue weighted by atomic mass is 10.3. The lowest BCUT2D eigenvalue weighted by molar-refractivity contribution is 0.0924. The Hall–Kier alpha value is -1.29. The van der Waals surface area contributed by atoms with Gasteiger partial charge in [0, 0.05) is 13.0 Å². The summed E-state index contributed by atoms with van der Waals surface area (Å²) in [7, 11) is 0. The van der Waals surface area contributed by atoms with Gasteiger partial charge in [0.25, 0.3) is 5.91 Å². The van der Waals surface area contributed by atoms with E-state index in [9.17, 15) is 4.79 Å². The summed E-state index contributed by atoms with van der Waals surface area (Å²) in [4.78, 5) is 11.4. The first-order chi connectivity index (χ1) is 6.77. The Morgan fingerprint density at radius 2 is 2.36 bits per heavy atom. The summed E-state index contributed by atoms with van der Waals surface area (Å²) in [5.41, 5.74) is 5.30. The van der Waals surface area contributed by atoms with Crippen molar-refractivity contribution in [1.82, 2.24) is 5.32 Å². The standard InChI is InChI=1S/C10H16N2O2/c1-2-8-4-5-9(14-8)10(13)12-7-3-6-11/h4-5H,2-3,6-7,11H2,1H3,(H,12,13). The molecule has 1 rings (SSSR count). The van der Waals surface area contributed by atoms with Gasteiger partial charge in [-0.2, -0.15) is 0 Å². The molecule has 0 atom stereocenters. The maximum Gasteiger partial charge on any atom is 0.286 e. The van der Waals surface area contributed by atoms with Gasteiger partial charge in [-0.15, -0.1) is 0 Å². The van der Waals surface area contributed by atoms with Gasteiger partial charge in [-0.3, -0.25) is 4.79 Å². The summed E-state index contributed by atoms with van der Waals surface area (Å²) in [6.45, 7) is 3.16. The molecular weight excluding hydrogens is 180 g/mol.